The summed E-state index contributed by atoms with van der Waals surface area (Å²) in [6.07, 6.45) is 0.120. The first kappa shape index (κ1) is 11.4. The Morgan fingerprint density at radius 1 is 1.64 bits per heavy atom. The van der Waals surface area contributed by atoms with Crippen LogP contribution in [0.2, 0.25) is 0 Å². The van der Waals surface area contributed by atoms with E-state index in [-0.39, 0.29) is 18.1 Å². The molecular weight excluding hydrogens is 178 g/mol. The number of rotatable bonds is 3. The van der Waals surface area contributed by atoms with E-state index < -0.39 is 0 Å². The molecule has 0 aromatic heterocycles. The Balaban J connectivity index is 2.37. The molecule has 4 heteroatoms. The fourth-order valence-corrected chi connectivity index (χ4v) is 1.64. The van der Waals surface area contributed by atoms with Crippen LogP contribution in [0.4, 0.5) is 0 Å². The van der Waals surface area contributed by atoms with Crippen LogP contribution in [-0.4, -0.2) is 43.3 Å². The first-order valence-electron chi connectivity index (χ1n) is 5.12. The summed E-state index contributed by atoms with van der Waals surface area (Å²) in [6, 6.07) is 2.31. The van der Waals surface area contributed by atoms with E-state index in [2.05, 4.69) is 11.0 Å². The maximum absolute atomic E-state index is 8.71. The number of nitrogens with zero attached hydrogens (tertiary/aromatic N) is 2. The van der Waals surface area contributed by atoms with E-state index >= 15 is 0 Å². The van der Waals surface area contributed by atoms with Crippen molar-refractivity contribution in [3.63, 3.8) is 0 Å². The van der Waals surface area contributed by atoms with E-state index in [1.165, 1.54) is 0 Å². The molecular formula is C10H19N3O. The summed E-state index contributed by atoms with van der Waals surface area (Å²) in [4.78, 5) is 2.26. The largest absolute Gasteiger partial charge is 0.374 e. The van der Waals surface area contributed by atoms with Gasteiger partial charge >= 0.3 is 0 Å². The third-order valence-corrected chi connectivity index (χ3v) is 2.52. The highest BCUT2D eigenvalue weighted by Gasteiger charge is 2.23. The van der Waals surface area contributed by atoms with Crippen LogP contribution in [0.15, 0.2) is 0 Å². The minimum Gasteiger partial charge on any atom is -0.374 e. The van der Waals surface area contributed by atoms with Gasteiger partial charge in [0.05, 0.1) is 24.7 Å². The molecule has 1 aliphatic rings. The molecule has 14 heavy (non-hydrogen) atoms. The monoisotopic (exact) mass is 197 g/mol. The van der Waals surface area contributed by atoms with Gasteiger partial charge in [-0.25, -0.2) is 0 Å². The Kier molecular flexibility index (Phi) is 4.33. The van der Waals surface area contributed by atoms with Crippen LogP contribution in [0, 0.1) is 17.2 Å². The molecule has 80 valence electrons. The van der Waals surface area contributed by atoms with Gasteiger partial charge in [0.2, 0.25) is 0 Å². The number of hydrogen-bond donors (Lipinski definition) is 1. The molecule has 2 N–H and O–H groups in total. The summed E-state index contributed by atoms with van der Waals surface area (Å²) in [5.41, 5.74) is 5.78. The quantitative estimate of drug-likeness (QED) is 0.701. The van der Waals surface area contributed by atoms with Crippen LogP contribution < -0.4 is 5.73 Å². The van der Waals surface area contributed by atoms with Gasteiger partial charge in [0.15, 0.2) is 0 Å². The van der Waals surface area contributed by atoms with Crippen LogP contribution in [0.25, 0.3) is 0 Å². The second-order valence-electron chi connectivity index (χ2n) is 4.06. The molecule has 4 nitrogen and oxygen atoms in total. The molecule has 0 amide bonds. The lowest BCUT2D eigenvalue weighted by Crippen LogP contribution is -2.50. The number of nitriles is 1. The molecule has 0 aliphatic carbocycles. The highest BCUT2D eigenvalue weighted by atomic mass is 16.5. The lowest BCUT2D eigenvalue weighted by atomic mass is 10.1. The van der Waals surface area contributed by atoms with Crippen LogP contribution in [-0.2, 0) is 4.74 Å². The number of hydrogen-bond acceptors (Lipinski definition) is 4. The van der Waals surface area contributed by atoms with Gasteiger partial charge in [-0.2, -0.15) is 5.26 Å². The van der Waals surface area contributed by atoms with Crippen molar-refractivity contribution >= 4 is 0 Å². The van der Waals surface area contributed by atoms with Gasteiger partial charge in [-0.1, -0.05) is 0 Å². The molecule has 0 saturated carbocycles. The van der Waals surface area contributed by atoms with Crippen molar-refractivity contribution in [3.05, 3.63) is 0 Å². The van der Waals surface area contributed by atoms with Crippen molar-refractivity contribution in [2.24, 2.45) is 11.7 Å². The van der Waals surface area contributed by atoms with Crippen molar-refractivity contribution in [2.45, 2.75) is 26.0 Å². The van der Waals surface area contributed by atoms with Gasteiger partial charge in [0.25, 0.3) is 0 Å². The summed E-state index contributed by atoms with van der Waals surface area (Å²) in [6.45, 7) is 7.21. The van der Waals surface area contributed by atoms with Crippen molar-refractivity contribution < 1.29 is 4.74 Å². The molecule has 0 aromatic rings. The smallest absolute Gasteiger partial charge is 0.0850 e. The van der Waals surface area contributed by atoms with E-state index in [1.807, 2.05) is 13.8 Å². The van der Waals surface area contributed by atoms with Crippen molar-refractivity contribution in [3.8, 4) is 6.07 Å². The zero-order valence-corrected chi connectivity index (χ0v) is 8.94. The molecule has 3 unspecified atom stereocenters. The summed E-state index contributed by atoms with van der Waals surface area (Å²) in [7, 11) is 0. The minimum atomic E-state index is 0.0650. The highest BCUT2D eigenvalue weighted by molar-refractivity contribution is 4.84. The zero-order chi connectivity index (χ0) is 10.6. The standard InChI is InChI=1S/C10H19N3O/c1-8(5-11)6-13-3-4-14-10(7-13)9(2)12/h8-10H,3-4,6-7,12H2,1-2H3. The third kappa shape index (κ3) is 3.26. The lowest BCUT2D eigenvalue weighted by molar-refractivity contribution is -0.0395. The van der Waals surface area contributed by atoms with Gasteiger partial charge in [-0.05, 0) is 13.8 Å². The average Bonchev–Trinajstić information content (AvgIpc) is 2.18. The fraction of sp³-hybridized carbons (Fsp3) is 0.900. The number of morpholine rings is 1. The van der Waals surface area contributed by atoms with E-state index in [0.717, 1.165) is 26.2 Å². The van der Waals surface area contributed by atoms with Gasteiger partial charge < -0.3 is 10.5 Å². The highest BCUT2D eigenvalue weighted by Crippen LogP contribution is 2.09. The van der Waals surface area contributed by atoms with Crippen molar-refractivity contribution in [1.82, 2.24) is 4.90 Å². The number of ether oxygens (including phenoxy) is 1. The van der Waals surface area contributed by atoms with Crippen LogP contribution in [0.5, 0.6) is 0 Å². The predicted octanol–water partition coefficient (Wildman–Crippen LogP) is 0.194. The molecule has 0 spiro atoms. The van der Waals surface area contributed by atoms with Gasteiger partial charge in [-0.3, -0.25) is 4.90 Å². The van der Waals surface area contributed by atoms with Crippen molar-refractivity contribution in [2.75, 3.05) is 26.2 Å². The Bertz CT molecular complexity index is 212. The molecule has 1 saturated heterocycles. The lowest BCUT2D eigenvalue weighted by Gasteiger charge is -2.35. The summed E-state index contributed by atoms with van der Waals surface area (Å²) < 4.78 is 5.54. The van der Waals surface area contributed by atoms with Crippen LogP contribution in [0.3, 0.4) is 0 Å². The maximum Gasteiger partial charge on any atom is 0.0850 e. The Hall–Kier alpha value is -0.630. The Labute approximate surface area is 85.6 Å². The van der Waals surface area contributed by atoms with E-state index in [1.54, 1.807) is 0 Å². The topological polar surface area (TPSA) is 62.3 Å². The minimum absolute atomic E-state index is 0.0650. The zero-order valence-electron chi connectivity index (χ0n) is 8.94. The van der Waals surface area contributed by atoms with E-state index in [9.17, 15) is 0 Å². The first-order chi connectivity index (χ1) is 6.63. The van der Waals surface area contributed by atoms with Crippen molar-refractivity contribution in [1.29, 1.82) is 5.26 Å². The second kappa shape index (κ2) is 5.30. The number of nitrogens with two attached hydrogens (primary N) is 1. The average molecular weight is 197 g/mol. The molecule has 0 aromatic carbocycles. The van der Waals surface area contributed by atoms with Gasteiger partial charge in [0, 0.05) is 25.7 Å². The SMILES string of the molecule is CC(C#N)CN1CCOC(C(C)N)C1. The molecule has 0 radical (unpaired) electrons. The molecule has 1 fully saturated rings. The van der Waals surface area contributed by atoms with Gasteiger partial charge in [-0.15, -0.1) is 0 Å². The summed E-state index contributed by atoms with van der Waals surface area (Å²) >= 11 is 0. The normalized spacial score (nSPS) is 28.0. The fourth-order valence-electron chi connectivity index (χ4n) is 1.64. The second-order valence-corrected chi connectivity index (χ2v) is 4.06. The molecule has 1 aliphatic heterocycles. The Morgan fingerprint density at radius 3 is 2.93 bits per heavy atom. The third-order valence-electron chi connectivity index (χ3n) is 2.52. The van der Waals surface area contributed by atoms with Crippen LogP contribution in [0.1, 0.15) is 13.8 Å². The van der Waals surface area contributed by atoms with E-state index in [4.69, 9.17) is 15.7 Å². The predicted molar refractivity (Wildman–Crippen MR) is 54.6 cm³/mol. The molecule has 1 heterocycles. The Morgan fingerprint density at radius 2 is 2.36 bits per heavy atom. The molecule has 0 bridgehead atoms. The molecule has 1 rings (SSSR count). The maximum atomic E-state index is 8.71. The van der Waals surface area contributed by atoms with Crippen LogP contribution >= 0.6 is 0 Å². The van der Waals surface area contributed by atoms with Gasteiger partial charge in [0.1, 0.15) is 0 Å². The first-order valence-corrected chi connectivity index (χ1v) is 5.12. The summed E-state index contributed by atoms with van der Waals surface area (Å²) in [5.74, 6) is 0.0850. The molecule has 3 atom stereocenters. The van der Waals surface area contributed by atoms with E-state index in [0.29, 0.717) is 0 Å². The summed E-state index contributed by atoms with van der Waals surface area (Å²) in [5, 5.41) is 8.71.